The van der Waals surface area contributed by atoms with Crippen LogP contribution in [0.4, 0.5) is 5.69 Å². The van der Waals surface area contributed by atoms with Gasteiger partial charge in [0.2, 0.25) is 0 Å². The molecule has 0 saturated heterocycles. The van der Waals surface area contributed by atoms with Gasteiger partial charge < -0.3 is 29.2 Å². The van der Waals surface area contributed by atoms with E-state index in [4.69, 9.17) is 42.8 Å². The zero-order valence-electron chi connectivity index (χ0n) is 21.2. The van der Waals surface area contributed by atoms with Gasteiger partial charge in [0, 0.05) is 17.3 Å². The molecule has 0 fully saturated rings. The summed E-state index contributed by atoms with van der Waals surface area (Å²) >= 11 is 12.2. The normalized spacial score (nSPS) is 14.4. The lowest BCUT2D eigenvalue weighted by atomic mass is 9.92. The SMILES string of the molecule is COC(=O)c1ccc(OC[C@@H]2c3cc(OC)c(OC)cc3CCN2C(=S)Nc2cccc(Cl)c2C)cc1. The summed E-state index contributed by atoms with van der Waals surface area (Å²) < 4.78 is 22.1. The van der Waals surface area contributed by atoms with Crippen LogP contribution in [0.3, 0.4) is 0 Å². The molecule has 0 radical (unpaired) electrons. The second kappa shape index (κ2) is 11.7. The van der Waals surface area contributed by atoms with Crippen LogP contribution >= 0.6 is 23.8 Å². The number of esters is 1. The van der Waals surface area contributed by atoms with Crippen LogP contribution in [0.5, 0.6) is 17.2 Å². The monoisotopic (exact) mass is 540 g/mol. The van der Waals surface area contributed by atoms with E-state index in [2.05, 4.69) is 10.2 Å². The molecule has 1 heterocycles. The maximum absolute atomic E-state index is 11.8. The standard InChI is InChI=1S/C28H29ClN2O5S/c1-17-22(29)6-5-7-23(17)30-28(37)31-13-12-19-14-25(33-2)26(34-3)15-21(19)24(31)16-36-20-10-8-18(9-11-20)27(32)35-4/h5-11,14-15,24H,12-13,16H2,1-4H3,(H,30,37)/t24-/m1/s1. The first-order chi connectivity index (χ1) is 17.9. The van der Waals surface area contributed by atoms with Crippen LogP contribution in [-0.2, 0) is 11.2 Å². The molecule has 3 aromatic rings. The summed E-state index contributed by atoms with van der Waals surface area (Å²) in [4.78, 5) is 13.9. The second-order valence-corrected chi connectivity index (χ2v) is 9.33. The topological polar surface area (TPSA) is 69.3 Å². The number of ether oxygens (including phenoxy) is 4. The van der Waals surface area contributed by atoms with Crippen molar-refractivity contribution < 1.29 is 23.7 Å². The van der Waals surface area contributed by atoms with Gasteiger partial charge in [-0.05, 0) is 90.8 Å². The van der Waals surface area contributed by atoms with Gasteiger partial charge >= 0.3 is 5.97 Å². The molecule has 1 N–H and O–H groups in total. The van der Waals surface area contributed by atoms with Crippen molar-refractivity contribution in [2.75, 3.05) is 39.8 Å². The van der Waals surface area contributed by atoms with E-state index in [0.717, 1.165) is 28.8 Å². The van der Waals surface area contributed by atoms with Gasteiger partial charge in [-0.15, -0.1) is 0 Å². The predicted octanol–water partition coefficient (Wildman–Crippen LogP) is 5.83. The molecule has 0 unspecified atom stereocenters. The second-order valence-electron chi connectivity index (χ2n) is 8.53. The number of nitrogens with zero attached hydrogens (tertiary/aromatic N) is 1. The summed E-state index contributed by atoms with van der Waals surface area (Å²) in [6.45, 7) is 2.95. The molecule has 7 nitrogen and oxygen atoms in total. The lowest BCUT2D eigenvalue weighted by molar-refractivity contribution is 0.0600. The largest absolute Gasteiger partial charge is 0.493 e. The average Bonchev–Trinajstić information content (AvgIpc) is 2.93. The number of hydrogen-bond donors (Lipinski definition) is 1. The molecule has 1 aliphatic rings. The van der Waals surface area contributed by atoms with Gasteiger partial charge in [-0.25, -0.2) is 4.79 Å². The van der Waals surface area contributed by atoms with Gasteiger partial charge in [0.1, 0.15) is 12.4 Å². The first-order valence-electron chi connectivity index (χ1n) is 11.7. The number of methoxy groups -OCH3 is 3. The van der Waals surface area contributed by atoms with Crippen molar-refractivity contribution in [3.8, 4) is 17.2 Å². The van der Waals surface area contributed by atoms with E-state index in [1.165, 1.54) is 7.11 Å². The van der Waals surface area contributed by atoms with Crippen LogP contribution in [0, 0.1) is 6.92 Å². The highest BCUT2D eigenvalue weighted by atomic mass is 35.5. The number of anilines is 1. The van der Waals surface area contributed by atoms with Crippen LogP contribution in [0.2, 0.25) is 5.02 Å². The maximum Gasteiger partial charge on any atom is 0.337 e. The maximum atomic E-state index is 11.8. The molecule has 0 aromatic heterocycles. The highest BCUT2D eigenvalue weighted by molar-refractivity contribution is 7.80. The molecule has 1 aliphatic heterocycles. The molecule has 9 heteroatoms. The molecule has 194 valence electrons. The highest BCUT2D eigenvalue weighted by Crippen LogP contribution is 2.39. The van der Waals surface area contributed by atoms with E-state index in [1.807, 2.05) is 37.3 Å². The number of benzene rings is 3. The van der Waals surface area contributed by atoms with E-state index in [1.54, 1.807) is 38.5 Å². The fourth-order valence-corrected chi connectivity index (χ4v) is 4.86. The minimum atomic E-state index is -0.396. The smallest absolute Gasteiger partial charge is 0.337 e. The fourth-order valence-electron chi connectivity index (χ4n) is 4.36. The van der Waals surface area contributed by atoms with Crippen molar-refractivity contribution in [3.63, 3.8) is 0 Å². The highest BCUT2D eigenvalue weighted by Gasteiger charge is 2.31. The Morgan fingerprint density at radius 1 is 1.08 bits per heavy atom. The van der Waals surface area contributed by atoms with Crippen molar-refractivity contribution in [2.24, 2.45) is 0 Å². The van der Waals surface area contributed by atoms with Gasteiger partial charge in [-0.3, -0.25) is 0 Å². The van der Waals surface area contributed by atoms with Gasteiger partial charge in [0.05, 0.1) is 32.9 Å². The van der Waals surface area contributed by atoms with Crippen LogP contribution < -0.4 is 19.5 Å². The third-order valence-corrected chi connectivity index (χ3v) is 7.20. The number of nitrogens with one attached hydrogen (secondary N) is 1. The molecular formula is C28H29ClN2O5S. The quantitative estimate of drug-likeness (QED) is 0.297. The zero-order valence-corrected chi connectivity index (χ0v) is 22.7. The summed E-state index contributed by atoms with van der Waals surface area (Å²) in [6, 6.07) is 16.3. The number of rotatable bonds is 7. The van der Waals surface area contributed by atoms with Crippen LogP contribution in [0.15, 0.2) is 54.6 Å². The summed E-state index contributed by atoms with van der Waals surface area (Å²) in [7, 11) is 4.60. The van der Waals surface area contributed by atoms with E-state index < -0.39 is 5.97 Å². The van der Waals surface area contributed by atoms with Crippen LogP contribution in [-0.4, -0.2) is 50.5 Å². The van der Waals surface area contributed by atoms with Gasteiger partial charge in [-0.1, -0.05) is 17.7 Å². The molecule has 0 aliphatic carbocycles. The molecular weight excluding hydrogens is 512 g/mol. The Kier molecular flexibility index (Phi) is 8.41. The first-order valence-corrected chi connectivity index (χ1v) is 12.5. The predicted molar refractivity (Wildman–Crippen MR) is 148 cm³/mol. The Balaban J connectivity index is 1.63. The Morgan fingerprint density at radius 2 is 1.78 bits per heavy atom. The average molecular weight is 541 g/mol. The number of hydrogen-bond acceptors (Lipinski definition) is 6. The van der Waals surface area contributed by atoms with Gasteiger partial charge in [0.25, 0.3) is 0 Å². The van der Waals surface area contributed by atoms with Crippen LogP contribution in [0.25, 0.3) is 0 Å². The van der Waals surface area contributed by atoms with Crippen molar-refractivity contribution in [3.05, 3.63) is 81.9 Å². The lowest BCUT2D eigenvalue weighted by Gasteiger charge is -2.39. The molecule has 0 spiro atoms. The summed E-state index contributed by atoms with van der Waals surface area (Å²) in [6.07, 6.45) is 0.774. The third-order valence-electron chi connectivity index (χ3n) is 6.46. The molecule has 0 amide bonds. The zero-order chi connectivity index (χ0) is 26.5. The molecule has 1 atom stereocenters. The summed E-state index contributed by atoms with van der Waals surface area (Å²) in [5.41, 5.74) is 4.42. The van der Waals surface area contributed by atoms with Crippen molar-refractivity contribution in [1.82, 2.24) is 4.90 Å². The Morgan fingerprint density at radius 3 is 2.46 bits per heavy atom. The number of halogens is 1. The Bertz CT molecular complexity index is 1300. The van der Waals surface area contributed by atoms with E-state index in [9.17, 15) is 4.79 Å². The Hall–Kier alpha value is -3.49. The molecule has 4 rings (SSSR count). The van der Waals surface area contributed by atoms with Crippen LogP contribution in [0.1, 0.15) is 33.1 Å². The molecule has 0 bridgehead atoms. The number of thiocarbonyl (C=S) groups is 1. The Labute approximate surface area is 227 Å². The molecule has 3 aromatic carbocycles. The van der Waals surface area contributed by atoms with Crippen molar-refractivity contribution >= 4 is 40.6 Å². The summed E-state index contributed by atoms with van der Waals surface area (Å²) in [5, 5.41) is 4.61. The lowest BCUT2D eigenvalue weighted by Crippen LogP contribution is -2.44. The minimum absolute atomic E-state index is 0.205. The number of carbonyl (C=O) groups excluding carboxylic acids is 1. The van der Waals surface area contributed by atoms with Crippen molar-refractivity contribution in [1.29, 1.82) is 0 Å². The fraction of sp³-hybridized carbons (Fsp3) is 0.286. The van der Waals surface area contributed by atoms with Crippen molar-refractivity contribution in [2.45, 2.75) is 19.4 Å². The number of fused-ring (bicyclic) bond motifs is 1. The third kappa shape index (κ3) is 5.76. The molecule has 0 saturated carbocycles. The van der Waals surface area contributed by atoms with E-state index in [-0.39, 0.29) is 6.04 Å². The number of carbonyl (C=O) groups is 1. The van der Waals surface area contributed by atoms with E-state index in [0.29, 0.717) is 46.1 Å². The first kappa shape index (κ1) is 26.6. The van der Waals surface area contributed by atoms with E-state index >= 15 is 0 Å². The molecule has 37 heavy (non-hydrogen) atoms. The van der Waals surface area contributed by atoms with Gasteiger partial charge in [0.15, 0.2) is 16.6 Å². The van der Waals surface area contributed by atoms with Gasteiger partial charge in [-0.2, -0.15) is 0 Å². The summed E-state index contributed by atoms with van der Waals surface area (Å²) in [5.74, 6) is 1.56. The minimum Gasteiger partial charge on any atom is -0.493 e.